The van der Waals surface area contributed by atoms with Gasteiger partial charge >= 0.3 is 24.4 Å². The first kappa shape index (κ1) is 32.1. The quantitative estimate of drug-likeness (QED) is 0.468. The fourth-order valence-corrected chi connectivity index (χ4v) is 3.36. The number of hydrogen-bond donors (Lipinski definition) is 1. The van der Waals surface area contributed by atoms with Gasteiger partial charge in [0.2, 0.25) is 5.91 Å². The molecule has 1 heterocycles. The maximum atomic E-state index is 13.2. The van der Waals surface area contributed by atoms with Crippen molar-refractivity contribution in [2.45, 2.75) is 92.1 Å². The SMILES string of the molecule is CC(C)(C)OC(=O)N(CCC(=O)N(C(=O)OC(C)(C)C)C(=O)OC(C)(C)C)Cc1nc2ccccc2n1C(=O)O. The summed E-state index contributed by atoms with van der Waals surface area (Å²) in [4.78, 5) is 69.6. The van der Waals surface area contributed by atoms with Crippen molar-refractivity contribution < 1.29 is 43.3 Å². The Labute approximate surface area is 233 Å². The zero-order valence-corrected chi connectivity index (χ0v) is 24.4. The molecule has 0 bridgehead atoms. The van der Waals surface area contributed by atoms with Crippen LogP contribution in [-0.2, 0) is 25.5 Å². The first-order valence-corrected chi connectivity index (χ1v) is 12.6. The molecule has 0 aliphatic heterocycles. The van der Waals surface area contributed by atoms with E-state index in [0.717, 1.165) is 9.47 Å². The summed E-state index contributed by atoms with van der Waals surface area (Å²) in [6, 6.07) is 6.54. The lowest BCUT2D eigenvalue weighted by Crippen LogP contribution is -2.48. The Morgan fingerprint density at radius 2 is 1.27 bits per heavy atom. The average Bonchev–Trinajstić information content (AvgIpc) is 3.11. The highest BCUT2D eigenvalue weighted by atomic mass is 16.6. The summed E-state index contributed by atoms with van der Waals surface area (Å²) < 4.78 is 16.9. The molecule has 1 aromatic heterocycles. The molecule has 1 N–H and O–H groups in total. The molecule has 4 amide bonds. The smallest absolute Gasteiger partial charge is 0.426 e. The molecule has 0 unspecified atom stereocenters. The summed E-state index contributed by atoms with van der Waals surface area (Å²) >= 11 is 0. The molecule has 0 aliphatic carbocycles. The number of fused-ring (bicyclic) bond motifs is 1. The molecule has 13 nitrogen and oxygen atoms in total. The summed E-state index contributed by atoms with van der Waals surface area (Å²) in [7, 11) is 0. The van der Waals surface area contributed by atoms with Crippen molar-refractivity contribution in [3.63, 3.8) is 0 Å². The number of carboxylic acid groups (broad SMARTS) is 1. The molecule has 2 rings (SSSR count). The van der Waals surface area contributed by atoms with Gasteiger partial charge in [0.15, 0.2) is 0 Å². The van der Waals surface area contributed by atoms with Crippen LogP contribution in [0.4, 0.5) is 19.2 Å². The van der Waals surface area contributed by atoms with Crippen LogP contribution in [0.15, 0.2) is 24.3 Å². The highest BCUT2D eigenvalue weighted by Gasteiger charge is 2.37. The van der Waals surface area contributed by atoms with Gasteiger partial charge in [-0.25, -0.2) is 28.7 Å². The minimum Gasteiger partial charge on any atom is -0.464 e. The Bertz CT molecular complexity index is 1250. The summed E-state index contributed by atoms with van der Waals surface area (Å²) in [5.74, 6) is -0.994. The lowest BCUT2D eigenvalue weighted by atomic mass is 10.2. The number of benzene rings is 1. The number of nitrogens with zero attached hydrogens (tertiary/aromatic N) is 4. The molecule has 0 radical (unpaired) electrons. The number of ether oxygens (including phenoxy) is 3. The van der Waals surface area contributed by atoms with Crippen molar-refractivity contribution in [1.82, 2.24) is 19.4 Å². The lowest BCUT2D eigenvalue weighted by molar-refractivity contribution is -0.129. The first-order valence-electron chi connectivity index (χ1n) is 12.6. The van der Waals surface area contributed by atoms with Crippen LogP contribution in [0.2, 0.25) is 0 Å². The van der Waals surface area contributed by atoms with Crippen LogP contribution in [0.25, 0.3) is 11.0 Å². The van der Waals surface area contributed by atoms with Gasteiger partial charge in [0.1, 0.15) is 22.6 Å². The third kappa shape index (κ3) is 9.24. The molecule has 220 valence electrons. The molecular weight excluding hydrogens is 524 g/mol. The second-order valence-electron chi connectivity index (χ2n) is 12.0. The number of hydrogen-bond acceptors (Lipinski definition) is 9. The Balaban J connectivity index is 2.39. The fourth-order valence-electron chi connectivity index (χ4n) is 3.36. The number of para-hydroxylation sites is 2. The number of carbonyl (C=O) groups excluding carboxylic acids is 4. The van der Waals surface area contributed by atoms with Crippen LogP contribution < -0.4 is 0 Å². The lowest BCUT2D eigenvalue weighted by Gasteiger charge is -2.29. The van der Waals surface area contributed by atoms with Crippen molar-refractivity contribution in [1.29, 1.82) is 0 Å². The van der Waals surface area contributed by atoms with Gasteiger partial charge in [-0.3, -0.25) is 4.79 Å². The number of aromatic nitrogens is 2. The van der Waals surface area contributed by atoms with E-state index in [4.69, 9.17) is 14.2 Å². The van der Waals surface area contributed by atoms with Gasteiger partial charge in [0.05, 0.1) is 17.6 Å². The molecular formula is C27H38N4O9. The standard InChI is InChI=1S/C27H38N4O9/c1-25(2,3)38-22(35)29(16-19-28-17-12-10-11-13-18(17)30(19)21(33)34)15-14-20(32)31(23(36)39-26(4,5)6)24(37)40-27(7,8)9/h10-13H,14-16H2,1-9H3,(H,33,34). The molecule has 0 spiro atoms. The molecule has 0 fully saturated rings. The molecule has 1 aromatic carbocycles. The second kappa shape index (κ2) is 11.9. The average molecular weight is 563 g/mol. The van der Waals surface area contributed by atoms with Crippen LogP contribution >= 0.6 is 0 Å². The van der Waals surface area contributed by atoms with E-state index in [1.54, 1.807) is 86.6 Å². The number of carbonyl (C=O) groups is 5. The predicted octanol–water partition coefficient (Wildman–Crippen LogP) is 5.39. The van der Waals surface area contributed by atoms with Crippen molar-refractivity contribution in [2.75, 3.05) is 6.54 Å². The largest absolute Gasteiger partial charge is 0.464 e. The van der Waals surface area contributed by atoms with Gasteiger partial charge in [-0.05, 0) is 74.4 Å². The minimum atomic E-state index is -1.31. The number of imidazole rings is 1. The monoisotopic (exact) mass is 562 g/mol. The Hall–Kier alpha value is -4.16. The van der Waals surface area contributed by atoms with Gasteiger partial charge in [-0.2, -0.15) is 0 Å². The van der Waals surface area contributed by atoms with Crippen LogP contribution in [0.1, 0.15) is 74.6 Å². The predicted molar refractivity (Wildman–Crippen MR) is 144 cm³/mol. The van der Waals surface area contributed by atoms with Crippen molar-refractivity contribution in [2.24, 2.45) is 0 Å². The summed E-state index contributed by atoms with van der Waals surface area (Å²) in [6.07, 6.45) is -5.16. The van der Waals surface area contributed by atoms with E-state index in [2.05, 4.69) is 4.98 Å². The maximum absolute atomic E-state index is 13.2. The van der Waals surface area contributed by atoms with Gasteiger partial charge in [0.25, 0.3) is 0 Å². The van der Waals surface area contributed by atoms with Gasteiger partial charge in [0, 0.05) is 13.0 Å². The van der Waals surface area contributed by atoms with Crippen molar-refractivity contribution >= 4 is 41.3 Å². The summed E-state index contributed by atoms with van der Waals surface area (Å²) in [6.45, 7) is 13.7. The summed E-state index contributed by atoms with van der Waals surface area (Å²) in [5.41, 5.74) is -2.25. The maximum Gasteiger partial charge on any atom is 0.426 e. The second-order valence-corrected chi connectivity index (χ2v) is 12.0. The third-order valence-corrected chi connectivity index (χ3v) is 4.80. The Morgan fingerprint density at radius 1 is 0.800 bits per heavy atom. The highest BCUT2D eigenvalue weighted by Crippen LogP contribution is 2.20. The molecule has 0 aliphatic rings. The van der Waals surface area contributed by atoms with E-state index < -0.39 is 53.5 Å². The Kier molecular flexibility index (Phi) is 9.56. The van der Waals surface area contributed by atoms with Crippen LogP contribution in [-0.4, -0.2) is 78.1 Å². The first-order chi connectivity index (χ1) is 18.2. The van der Waals surface area contributed by atoms with Gasteiger partial charge in [-0.15, -0.1) is 4.90 Å². The topological polar surface area (TPSA) is 158 Å². The van der Waals surface area contributed by atoms with Crippen LogP contribution in [0.3, 0.4) is 0 Å². The van der Waals surface area contributed by atoms with E-state index in [-0.39, 0.29) is 23.8 Å². The van der Waals surface area contributed by atoms with E-state index in [9.17, 15) is 29.1 Å². The molecule has 0 saturated heterocycles. The fraction of sp³-hybridized carbons (Fsp3) is 0.556. The molecule has 13 heteroatoms. The molecule has 0 atom stereocenters. The minimum absolute atomic E-state index is 0.00292. The van der Waals surface area contributed by atoms with Gasteiger partial charge in [-0.1, -0.05) is 12.1 Å². The Morgan fingerprint density at radius 3 is 1.75 bits per heavy atom. The normalized spacial score (nSPS) is 12.0. The van der Waals surface area contributed by atoms with Crippen molar-refractivity contribution in [3.8, 4) is 0 Å². The van der Waals surface area contributed by atoms with E-state index in [1.807, 2.05) is 0 Å². The zero-order valence-electron chi connectivity index (χ0n) is 24.4. The zero-order chi connectivity index (χ0) is 30.6. The van der Waals surface area contributed by atoms with Crippen molar-refractivity contribution in [3.05, 3.63) is 30.1 Å². The van der Waals surface area contributed by atoms with E-state index in [0.29, 0.717) is 11.0 Å². The van der Waals surface area contributed by atoms with Crippen LogP contribution in [0, 0.1) is 0 Å². The van der Waals surface area contributed by atoms with Gasteiger partial charge < -0.3 is 24.2 Å². The molecule has 0 saturated carbocycles. The molecule has 40 heavy (non-hydrogen) atoms. The van der Waals surface area contributed by atoms with E-state index >= 15 is 0 Å². The number of rotatable bonds is 5. The van der Waals surface area contributed by atoms with E-state index in [1.165, 1.54) is 0 Å². The molecule has 2 aromatic rings. The number of amides is 4. The number of imide groups is 3. The third-order valence-electron chi connectivity index (χ3n) is 4.80. The van der Waals surface area contributed by atoms with Crippen LogP contribution in [0.5, 0.6) is 0 Å². The highest BCUT2D eigenvalue weighted by molar-refractivity contribution is 6.06. The summed E-state index contributed by atoms with van der Waals surface area (Å²) in [5, 5.41) is 9.81.